The highest BCUT2D eigenvalue weighted by Gasteiger charge is 2.32. The number of carbonyl (C=O) groups excluding carboxylic acids is 2. The molecular formula is C49H65NO6. The average molecular weight is 764 g/mol. The van der Waals surface area contributed by atoms with Crippen LogP contribution in [0.3, 0.4) is 0 Å². The third-order valence-corrected chi connectivity index (χ3v) is 12.8. The molecule has 0 aliphatic heterocycles. The zero-order valence-electron chi connectivity index (χ0n) is 34.3. The summed E-state index contributed by atoms with van der Waals surface area (Å²) in [6.45, 7) is 15.1. The van der Waals surface area contributed by atoms with Gasteiger partial charge in [0.15, 0.2) is 0 Å². The van der Waals surface area contributed by atoms with Crippen LogP contribution in [0.1, 0.15) is 147 Å². The number of carbonyl (C=O) groups is 2. The molecule has 0 N–H and O–H groups in total. The van der Waals surface area contributed by atoms with E-state index in [2.05, 4.69) is 55.4 Å². The first-order valence-corrected chi connectivity index (χ1v) is 21.9. The maximum atomic E-state index is 12.9. The van der Waals surface area contributed by atoms with Gasteiger partial charge < -0.3 is 18.9 Å². The molecule has 4 fully saturated rings. The Morgan fingerprint density at radius 3 is 1.52 bits per heavy atom. The van der Waals surface area contributed by atoms with Gasteiger partial charge in [0.1, 0.15) is 23.7 Å². The Morgan fingerprint density at radius 2 is 1.02 bits per heavy atom. The predicted octanol–water partition coefficient (Wildman–Crippen LogP) is 12.4. The number of aromatic nitrogens is 1. The van der Waals surface area contributed by atoms with E-state index in [-0.39, 0.29) is 48.2 Å². The first kappa shape index (κ1) is 41.5. The summed E-state index contributed by atoms with van der Waals surface area (Å²) in [4.78, 5) is 29.9. The molecule has 4 aliphatic carbocycles. The molecule has 0 amide bonds. The van der Waals surface area contributed by atoms with Crippen molar-refractivity contribution in [1.29, 1.82) is 0 Å². The standard InChI is InChI=1S/C47H59NO6.C2H6/c1-4-33-10-12-36(13-11-33)47(50)54-41-21-15-38(16-22-41)51-31(2)42-24-25-43(45-30-37(14-23-44(42)45)34-26-28-48-29-27-34)32(3)52-39-17-19-40(20-18-39)53-46(49)35-8-6-5-7-9-35;1-2/h14,23-30,33,35-36,38-41H,2-13,15-22H2,1H3;1-2H3. The van der Waals surface area contributed by atoms with E-state index in [0.29, 0.717) is 11.5 Å². The highest BCUT2D eigenvalue weighted by atomic mass is 16.5. The maximum Gasteiger partial charge on any atom is 0.309 e. The number of hydrogen-bond acceptors (Lipinski definition) is 7. The van der Waals surface area contributed by atoms with Gasteiger partial charge in [-0.15, -0.1) is 0 Å². The zero-order valence-corrected chi connectivity index (χ0v) is 34.3. The zero-order chi connectivity index (χ0) is 39.4. The van der Waals surface area contributed by atoms with E-state index >= 15 is 0 Å². The first-order valence-electron chi connectivity index (χ1n) is 21.9. The molecule has 0 saturated heterocycles. The molecule has 7 nitrogen and oxygen atoms in total. The number of rotatable bonds is 12. The van der Waals surface area contributed by atoms with Crippen molar-refractivity contribution in [2.75, 3.05) is 0 Å². The van der Waals surface area contributed by atoms with Gasteiger partial charge >= 0.3 is 11.9 Å². The predicted molar refractivity (Wildman–Crippen MR) is 225 cm³/mol. The van der Waals surface area contributed by atoms with Crippen molar-refractivity contribution in [3.05, 3.63) is 79.1 Å². The smallest absolute Gasteiger partial charge is 0.309 e. The first-order chi connectivity index (χ1) is 27.3. The Labute approximate surface area is 335 Å². The second kappa shape index (κ2) is 20.3. The Balaban J connectivity index is 0.00000262. The number of esters is 2. The number of ether oxygens (including phenoxy) is 4. The van der Waals surface area contributed by atoms with E-state index in [9.17, 15) is 9.59 Å². The summed E-state index contributed by atoms with van der Waals surface area (Å²) in [6, 6.07) is 14.6. The van der Waals surface area contributed by atoms with Crippen LogP contribution in [0.4, 0.5) is 0 Å². The lowest BCUT2D eigenvalue weighted by Crippen LogP contribution is -2.31. The van der Waals surface area contributed by atoms with Gasteiger partial charge in [-0.05, 0) is 148 Å². The summed E-state index contributed by atoms with van der Waals surface area (Å²) in [6.07, 6.45) is 21.0. The molecule has 4 saturated carbocycles. The van der Waals surface area contributed by atoms with Crippen LogP contribution in [0.2, 0.25) is 0 Å². The van der Waals surface area contributed by atoms with Crippen molar-refractivity contribution in [3.8, 4) is 11.1 Å². The van der Waals surface area contributed by atoms with Crippen molar-refractivity contribution in [1.82, 2.24) is 4.98 Å². The fourth-order valence-electron chi connectivity index (χ4n) is 9.29. The average Bonchev–Trinajstić information content (AvgIpc) is 3.25. The molecule has 302 valence electrons. The van der Waals surface area contributed by atoms with Crippen molar-refractivity contribution in [3.63, 3.8) is 0 Å². The molecule has 7 rings (SSSR count). The molecule has 1 heterocycles. The van der Waals surface area contributed by atoms with Gasteiger partial charge in [0.25, 0.3) is 0 Å². The Kier molecular flexibility index (Phi) is 15.1. The van der Waals surface area contributed by atoms with Crippen molar-refractivity contribution in [2.24, 2.45) is 17.8 Å². The lowest BCUT2D eigenvalue weighted by atomic mass is 9.81. The van der Waals surface area contributed by atoms with Crippen LogP contribution in [0.5, 0.6) is 0 Å². The molecule has 0 bridgehead atoms. The fourth-order valence-corrected chi connectivity index (χ4v) is 9.29. The normalized spacial score (nSPS) is 25.6. The van der Waals surface area contributed by atoms with Crippen LogP contribution in [-0.4, -0.2) is 41.3 Å². The molecule has 4 aliphatic rings. The SMILES string of the molecule is C=C(OC1CCC(OC(=O)C2CCCCC2)CC1)c1ccc(C(=C)OC2CCC(OC(=O)C3CCC(CC)CC3)CC2)c2ccc(-c3ccncc3)cc12.CC. The summed E-state index contributed by atoms with van der Waals surface area (Å²) < 4.78 is 25.1. The minimum absolute atomic E-state index is 0.00118. The van der Waals surface area contributed by atoms with Gasteiger partial charge in [-0.3, -0.25) is 14.6 Å². The van der Waals surface area contributed by atoms with E-state index in [1.807, 2.05) is 38.4 Å². The minimum Gasteiger partial charge on any atom is -0.490 e. The molecule has 1 aromatic heterocycles. The lowest BCUT2D eigenvalue weighted by Gasteiger charge is -2.32. The third-order valence-electron chi connectivity index (χ3n) is 12.8. The van der Waals surface area contributed by atoms with Crippen LogP contribution >= 0.6 is 0 Å². The van der Waals surface area contributed by atoms with Crippen LogP contribution in [0.15, 0.2) is 68.0 Å². The number of fused-ring (bicyclic) bond motifs is 1. The Hall–Kier alpha value is -4.13. The van der Waals surface area contributed by atoms with Gasteiger partial charge in [-0.2, -0.15) is 0 Å². The van der Waals surface area contributed by atoms with Crippen molar-refractivity contribution in [2.45, 2.75) is 161 Å². The van der Waals surface area contributed by atoms with Gasteiger partial charge in [0.05, 0.1) is 24.0 Å². The molecule has 3 aromatic rings. The van der Waals surface area contributed by atoms with E-state index in [4.69, 9.17) is 18.9 Å². The van der Waals surface area contributed by atoms with Gasteiger partial charge in [-0.25, -0.2) is 0 Å². The van der Waals surface area contributed by atoms with E-state index in [1.54, 1.807) is 0 Å². The molecular weight excluding hydrogens is 699 g/mol. The minimum atomic E-state index is -0.0288. The Bertz CT molecular complexity index is 1760. The molecule has 2 aromatic carbocycles. The molecule has 0 radical (unpaired) electrons. The van der Waals surface area contributed by atoms with Crippen molar-refractivity contribution >= 4 is 34.2 Å². The quantitative estimate of drug-likeness (QED) is 0.134. The molecule has 0 unspecified atom stereocenters. The summed E-state index contributed by atoms with van der Waals surface area (Å²) in [5.41, 5.74) is 4.04. The van der Waals surface area contributed by atoms with Crippen LogP contribution in [0.25, 0.3) is 33.4 Å². The van der Waals surface area contributed by atoms with Gasteiger partial charge in [0, 0.05) is 23.5 Å². The monoisotopic (exact) mass is 763 g/mol. The van der Waals surface area contributed by atoms with E-state index < -0.39 is 0 Å². The summed E-state index contributed by atoms with van der Waals surface area (Å²) in [5.74, 6) is 2.19. The number of hydrogen-bond donors (Lipinski definition) is 0. The molecule has 0 atom stereocenters. The van der Waals surface area contributed by atoms with Crippen LogP contribution in [0, 0.1) is 17.8 Å². The maximum absolute atomic E-state index is 12.9. The van der Waals surface area contributed by atoms with Crippen LogP contribution < -0.4 is 0 Å². The molecule has 56 heavy (non-hydrogen) atoms. The van der Waals surface area contributed by atoms with E-state index in [1.165, 1.54) is 12.8 Å². The lowest BCUT2D eigenvalue weighted by molar-refractivity contribution is -0.158. The molecule has 0 spiro atoms. The van der Waals surface area contributed by atoms with Crippen LogP contribution in [-0.2, 0) is 28.5 Å². The summed E-state index contributed by atoms with van der Waals surface area (Å²) in [7, 11) is 0. The highest BCUT2D eigenvalue weighted by molar-refractivity contribution is 6.00. The van der Waals surface area contributed by atoms with E-state index in [0.717, 1.165) is 142 Å². The summed E-state index contributed by atoms with van der Waals surface area (Å²) in [5, 5.41) is 2.05. The number of benzene rings is 2. The topological polar surface area (TPSA) is 84.0 Å². The second-order valence-corrected chi connectivity index (χ2v) is 16.4. The van der Waals surface area contributed by atoms with Crippen molar-refractivity contribution < 1.29 is 28.5 Å². The number of pyridine rings is 1. The Morgan fingerprint density at radius 1 is 0.554 bits per heavy atom. The third kappa shape index (κ3) is 10.6. The summed E-state index contributed by atoms with van der Waals surface area (Å²) >= 11 is 0. The van der Waals surface area contributed by atoms with Gasteiger partial charge in [0.2, 0.25) is 0 Å². The molecule has 7 heteroatoms. The second-order valence-electron chi connectivity index (χ2n) is 16.4. The highest BCUT2D eigenvalue weighted by Crippen LogP contribution is 2.38. The van der Waals surface area contributed by atoms with Gasteiger partial charge in [-0.1, -0.05) is 71.7 Å². The largest absolute Gasteiger partial charge is 0.490 e. The fraction of sp³-hybridized carbons (Fsp3) is 0.571. The number of nitrogens with zero attached hydrogens (tertiary/aromatic N) is 1.